The van der Waals surface area contributed by atoms with Gasteiger partial charge in [-0.3, -0.25) is 0 Å². The van der Waals surface area contributed by atoms with Crippen LogP contribution in [0.2, 0.25) is 0 Å². The molecule has 15 heavy (non-hydrogen) atoms. The van der Waals surface area contributed by atoms with E-state index in [1.807, 2.05) is 0 Å². The zero-order chi connectivity index (χ0) is 10.3. The van der Waals surface area contributed by atoms with Crippen LogP contribution in [0.25, 0.3) is 0 Å². The van der Waals surface area contributed by atoms with E-state index in [0.29, 0.717) is 12.7 Å². The van der Waals surface area contributed by atoms with Crippen LogP contribution in [0.3, 0.4) is 0 Å². The van der Waals surface area contributed by atoms with Crippen molar-refractivity contribution in [3.05, 3.63) is 29.3 Å². The molecule has 0 spiro atoms. The van der Waals surface area contributed by atoms with Gasteiger partial charge in [0.1, 0.15) is 18.5 Å². The van der Waals surface area contributed by atoms with Crippen LogP contribution in [-0.4, -0.2) is 19.3 Å². The minimum atomic E-state index is 0.346. The van der Waals surface area contributed by atoms with Crippen LogP contribution in [0.15, 0.2) is 18.2 Å². The second-order valence-corrected chi connectivity index (χ2v) is 4.58. The van der Waals surface area contributed by atoms with Crippen LogP contribution >= 0.6 is 0 Å². The first kappa shape index (κ1) is 9.22. The molecule has 1 aliphatic heterocycles. The number of ether oxygens (including phenoxy) is 2. The number of benzene rings is 1. The van der Waals surface area contributed by atoms with Crippen molar-refractivity contribution < 1.29 is 9.47 Å². The lowest BCUT2D eigenvalue weighted by molar-refractivity contribution is 0.261. The van der Waals surface area contributed by atoms with E-state index in [0.717, 1.165) is 18.3 Å². The molecule has 0 amide bonds. The van der Waals surface area contributed by atoms with Gasteiger partial charge in [0.25, 0.3) is 0 Å². The zero-order valence-corrected chi connectivity index (χ0v) is 9.03. The van der Waals surface area contributed by atoms with Crippen molar-refractivity contribution in [2.75, 3.05) is 13.2 Å². The molecular weight excluding hydrogens is 188 g/mol. The van der Waals surface area contributed by atoms with E-state index in [-0.39, 0.29) is 0 Å². The fraction of sp³-hybridized carbons (Fsp3) is 0.538. The molecule has 0 unspecified atom stereocenters. The molecule has 1 aromatic rings. The lowest BCUT2D eigenvalue weighted by Gasteiger charge is -2.10. The molecule has 2 fully saturated rings. The molecule has 2 nitrogen and oxygen atoms in total. The highest BCUT2D eigenvalue weighted by Gasteiger charge is 2.28. The molecule has 1 atom stereocenters. The molecule has 80 valence electrons. The fourth-order valence-electron chi connectivity index (χ4n) is 1.86. The second-order valence-electron chi connectivity index (χ2n) is 4.58. The van der Waals surface area contributed by atoms with Crippen molar-refractivity contribution in [3.63, 3.8) is 0 Å². The van der Waals surface area contributed by atoms with E-state index in [1.54, 1.807) is 0 Å². The summed E-state index contributed by atoms with van der Waals surface area (Å²) in [6, 6.07) is 6.49. The minimum absolute atomic E-state index is 0.346. The van der Waals surface area contributed by atoms with Crippen molar-refractivity contribution in [2.45, 2.75) is 31.8 Å². The summed E-state index contributed by atoms with van der Waals surface area (Å²) in [5, 5.41) is 0. The Labute approximate surface area is 90.2 Å². The normalized spacial score (nSPS) is 23.9. The summed E-state index contributed by atoms with van der Waals surface area (Å²) in [6.07, 6.45) is 2.98. The van der Waals surface area contributed by atoms with Crippen molar-refractivity contribution in [1.82, 2.24) is 0 Å². The first-order valence-corrected chi connectivity index (χ1v) is 5.68. The van der Waals surface area contributed by atoms with Gasteiger partial charge in [0, 0.05) is 0 Å². The number of hydrogen-bond acceptors (Lipinski definition) is 2. The Morgan fingerprint density at radius 3 is 2.87 bits per heavy atom. The Morgan fingerprint density at radius 2 is 2.20 bits per heavy atom. The highest BCUT2D eigenvalue weighted by Crippen LogP contribution is 2.44. The smallest absolute Gasteiger partial charge is 0.122 e. The number of aryl methyl sites for hydroxylation is 1. The molecule has 3 rings (SSSR count). The van der Waals surface area contributed by atoms with Crippen LogP contribution in [0.1, 0.15) is 29.9 Å². The summed E-state index contributed by atoms with van der Waals surface area (Å²) in [4.78, 5) is 0. The number of hydrogen-bond donors (Lipinski definition) is 0. The van der Waals surface area contributed by atoms with E-state index in [1.165, 1.54) is 24.0 Å². The Morgan fingerprint density at radius 1 is 1.40 bits per heavy atom. The molecule has 1 aliphatic carbocycles. The summed E-state index contributed by atoms with van der Waals surface area (Å²) >= 11 is 0. The molecule has 0 N–H and O–H groups in total. The van der Waals surface area contributed by atoms with Gasteiger partial charge in [-0.25, -0.2) is 0 Å². The first-order chi connectivity index (χ1) is 7.33. The van der Waals surface area contributed by atoms with E-state index in [4.69, 9.17) is 9.47 Å². The number of epoxide rings is 1. The van der Waals surface area contributed by atoms with Crippen molar-refractivity contribution in [2.24, 2.45) is 0 Å². The molecule has 0 bridgehead atoms. The maximum Gasteiger partial charge on any atom is 0.122 e. The largest absolute Gasteiger partial charge is 0.490 e. The third kappa shape index (κ3) is 2.15. The second kappa shape index (κ2) is 3.53. The maximum absolute atomic E-state index is 5.79. The summed E-state index contributed by atoms with van der Waals surface area (Å²) in [6.45, 7) is 3.72. The van der Waals surface area contributed by atoms with Gasteiger partial charge < -0.3 is 9.47 Å². The van der Waals surface area contributed by atoms with E-state index < -0.39 is 0 Å². The Balaban J connectivity index is 1.77. The van der Waals surface area contributed by atoms with Gasteiger partial charge in [0.05, 0.1) is 6.61 Å². The third-order valence-corrected chi connectivity index (χ3v) is 3.01. The maximum atomic E-state index is 5.79. The monoisotopic (exact) mass is 204 g/mol. The molecule has 1 saturated carbocycles. The molecule has 1 saturated heterocycles. The molecule has 2 aliphatic rings. The molecule has 1 heterocycles. The van der Waals surface area contributed by atoms with Gasteiger partial charge in [0.2, 0.25) is 0 Å². The predicted molar refractivity (Wildman–Crippen MR) is 58.4 cm³/mol. The Hall–Kier alpha value is -1.02. The average molecular weight is 204 g/mol. The van der Waals surface area contributed by atoms with Gasteiger partial charge in [-0.15, -0.1) is 0 Å². The highest BCUT2D eigenvalue weighted by molar-refractivity contribution is 5.41. The summed E-state index contributed by atoms with van der Waals surface area (Å²) < 4.78 is 10.9. The zero-order valence-electron chi connectivity index (χ0n) is 9.03. The van der Waals surface area contributed by atoms with Crippen LogP contribution in [0.5, 0.6) is 5.75 Å². The van der Waals surface area contributed by atoms with Crippen LogP contribution in [-0.2, 0) is 4.74 Å². The van der Waals surface area contributed by atoms with Gasteiger partial charge in [-0.05, 0) is 37.3 Å². The van der Waals surface area contributed by atoms with Crippen LogP contribution < -0.4 is 4.74 Å². The summed E-state index contributed by atoms with van der Waals surface area (Å²) in [5.74, 6) is 1.82. The SMILES string of the molecule is Cc1ccc(OC[C@@H]2CO2)c(C2CC2)c1. The first-order valence-electron chi connectivity index (χ1n) is 5.68. The van der Waals surface area contributed by atoms with Gasteiger partial charge in [0.15, 0.2) is 0 Å². The average Bonchev–Trinajstić information content (AvgIpc) is 3.10. The van der Waals surface area contributed by atoms with Gasteiger partial charge >= 0.3 is 0 Å². The van der Waals surface area contributed by atoms with Gasteiger partial charge in [-0.1, -0.05) is 17.7 Å². The fourth-order valence-corrected chi connectivity index (χ4v) is 1.86. The minimum Gasteiger partial charge on any atom is -0.490 e. The lowest BCUT2D eigenvalue weighted by Crippen LogP contribution is -2.05. The number of rotatable bonds is 4. The van der Waals surface area contributed by atoms with Crippen molar-refractivity contribution in [1.29, 1.82) is 0 Å². The summed E-state index contributed by atoms with van der Waals surface area (Å²) in [5.41, 5.74) is 2.72. The van der Waals surface area contributed by atoms with E-state index in [9.17, 15) is 0 Å². The molecular formula is C13H16O2. The van der Waals surface area contributed by atoms with Crippen LogP contribution in [0.4, 0.5) is 0 Å². The Bertz CT molecular complexity index is 365. The van der Waals surface area contributed by atoms with Gasteiger partial charge in [-0.2, -0.15) is 0 Å². The predicted octanol–water partition coefficient (Wildman–Crippen LogP) is 2.65. The Kier molecular flexibility index (Phi) is 2.17. The van der Waals surface area contributed by atoms with E-state index >= 15 is 0 Å². The van der Waals surface area contributed by atoms with Crippen molar-refractivity contribution >= 4 is 0 Å². The van der Waals surface area contributed by atoms with E-state index in [2.05, 4.69) is 25.1 Å². The standard InChI is InChI=1S/C13H16O2/c1-9-2-5-13(15-8-11-7-14-11)12(6-9)10-3-4-10/h2,5-6,10-11H,3-4,7-8H2,1H3/t11-/m0/s1. The van der Waals surface area contributed by atoms with Crippen molar-refractivity contribution in [3.8, 4) is 5.75 Å². The highest BCUT2D eigenvalue weighted by atomic mass is 16.6. The quantitative estimate of drug-likeness (QED) is 0.703. The topological polar surface area (TPSA) is 21.8 Å². The third-order valence-electron chi connectivity index (χ3n) is 3.01. The summed E-state index contributed by atoms with van der Waals surface area (Å²) in [7, 11) is 0. The molecule has 2 heteroatoms. The lowest BCUT2D eigenvalue weighted by atomic mass is 10.1. The van der Waals surface area contributed by atoms with Crippen LogP contribution in [0, 0.1) is 6.92 Å². The molecule has 0 radical (unpaired) electrons. The molecule has 1 aromatic carbocycles. The molecule has 0 aromatic heterocycles.